The number of aryl methyl sites for hydroxylation is 1. The monoisotopic (exact) mass is 276 g/mol. The summed E-state index contributed by atoms with van der Waals surface area (Å²) in [6.45, 7) is 1.72. The van der Waals surface area contributed by atoms with E-state index < -0.39 is 10.8 Å². The fourth-order valence-electron chi connectivity index (χ4n) is 1.66. The van der Waals surface area contributed by atoms with E-state index in [0.29, 0.717) is 5.76 Å². The van der Waals surface area contributed by atoms with Gasteiger partial charge in [-0.1, -0.05) is 0 Å². The largest absolute Gasteiger partial charge is 0.490 e. The summed E-state index contributed by atoms with van der Waals surface area (Å²) in [6.07, 6.45) is 0. The highest BCUT2D eigenvalue weighted by Gasteiger charge is 2.17. The van der Waals surface area contributed by atoms with Crippen LogP contribution in [0.25, 0.3) is 0 Å². The van der Waals surface area contributed by atoms with Gasteiger partial charge >= 0.3 is 5.69 Å². The summed E-state index contributed by atoms with van der Waals surface area (Å²) < 4.78 is 10.1. The number of nitro benzene ring substituents is 1. The van der Waals surface area contributed by atoms with Crippen molar-refractivity contribution in [2.24, 2.45) is 0 Å². The van der Waals surface area contributed by atoms with Gasteiger partial charge in [0, 0.05) is 11.8 Å². The molecule has 7 heteroatoms. The van der Waals surface area contributed by atoms with Gasteiger partial charge in [0.15, 0.2) is 11.5 Å². The Bertz CT molecular complexity index is 663. The molecule has 0 radical (unpaired) electrons. The number of ether oxygens (including phenoxy) is 1. The van der Waals surface area contributed by atoms with Crippen molar-refractivity contribution in [1.29, 1.82) is 0 Å². The zero-order valence-electron chi connectivity index (χ0n) is 10.9. The van der Waals surface area contributed by atoms with Crippen molar-refractivity contribution in [3.8, 4) is 5.75 Å². The molecule has 1 heterocycles. The lowest BCUT2D eigenvalue weighted by molar-refractivity contribution is -0.385. The average molecular weight is 276 g/mol. The molecule has 0 atom stereocenters. The Morgan fingerprint density at radius 1 is 1.35 bits per heavy atom. The highest BCUT2D eigenvalue weighted by Crippen LogP contribution is 2.29. The van der Waals surface area contributed by atoms with Gasteiger partial charge < -0.3 is 14.5 Å². The molecule has 0 unspecified atom stereocenters. The highest BCUT2D eigenvalue weighted by atomic mass is 16.6. The summed E-state index contributed by atoms with van der Waals surface area (Å²) in [5.41, 5.74) is 0.0671. The minimum atomic E-state index is -0.578. The van der Waals surface area contributed by atoms with Crippen molar-refractivity contribution in [3.05, 3.63) is 52.0 Å². The number of nitrogens with one attached hydrogen (secondary N) is 1. The smallest absolute Gasteiger partial charge is 0.312 e. The Morgan fingerprint density at radius 2 is 2.10 bits per heavy atom. The first-order valence-electron chi connectivity index (χ1n) is 5.71. The molecular weight excluding hydrogens is 264 g/mol. The molecule has 0 fully saturated rings. The lowest BCUT2D eigenvalue weighted by Gasteiger charge is -2.05. The number of benzene rings is 1. The van der Waals surface area contributed by atoms with Crippen LogP contribution in [0.2, 0.25) is 0 Å². The standard InChI is InChI=1S/C13H12N2O5/c1-8-3-5-12(20-8)13(16)14-9-4-6-11(19-2)10(7-9)15(17)18/h3-7H,1-2H3,(H,14,16). The van der Waals surface area contributed by atoms with Crippen LogP contribution in [0.3, 0.4) is 0 Å². The van der Waals surface area contributed by atoms with E-state index in [1.54, 1.807) is 13.0 Å². The summed E-state index contributed by atoms with van der Waals surface area (Å²) in [6, 6.07) is 7.35. The molecule has 0 bridgehead atoms. The third-order valence-electron chi connectivity index (χ3n) is 2.60. The van der Waals surface area contributed by atoms with E-state index in [9.17, 15) is 14.9 Å². The zero-order chi connectivity index (χ0) is 14.7. The van der Waals surface area contributed by atoms with Crippen molar-refractivity contribution in [2.45, 2.75) is 6.92 Å². The first-order valence-corrected chi connectivity index (χ1v) is 5.71. The van der Waals surface area contributed by atoms with Crippen molar-refractivity contribution < 1.29 is 18.9 Å². The van der Waals surface area contributed by atoms with Crippen LogP contribution in [0.4, 0.5) is 11.4 Å². The van der Waals surface area contributed by atoms with Crippen LogP contribution in [0.15, 0.2) is 34.7 Å². The van der Waals surface area contributed by atoms with Gasteiger partial charge in [0.05, 0.1) is 12.0 Å². The maximum absolute atomic E-state index is 11.9. The Hall–Kier alpha value is -2.83. The number of nitro groups is 1. The number of nitrogens with zero attached hydrogens (tertiary/aromatic N) is 1. The van der Waals surface area contributed by atoms with Crippen LogP contribution in [0.1, 0.15) is 16.3 Å². The third-order valence-corrected chi connectivity index (χ3v) is 2.60. The number of anilines is 1. The Kier molecular flexibility index (Phi) is 3.69. The van der Waals surface area contributed by atoms with Crippen LogP contribution in [-0.4, -0.2) is 17.9 Å². The molecule has 1 aromatic heterocycles. The van der Waals surface area contributed by atoms with Gasteiger partial charge in [0.2, 0.25) is 0 Å². The number of carbonyl (C=O) groups excluding carboxylic acids is 1. The quantitative estimate of drug-likeness (QED) is 0.684. The lowest BCUT2D eigenvalue weighted by atomic mass is 10.2. The maximum atomic E-state index is 11.9. The van der Waals surface area contributed by atoms with Crippen molar-refractivity contribution in [3.63, 3.8) is 0 Å². The molecule has 1 aromatic carbocycles. The van der Waals surface area contributed by atoms with Crippen molar-refractivity contribution in [1.82, 2.24) is 0 Å². The van der Waals surface area contributed by atoms with Crippen molar-refractivity contribution >= 4 is 17.3 Å². The first-order chi connectivity index (χ1) is 9.51. The number of rotatable bonds is 4. The van der Waals surface area contributed by atoms with Gasteiger partial charge in [-0.2, -0.15) is 0 Å². The molecule has 2 aromatic rings. The van der Waals surface area contributed by atoms with E-state index in [-0.39, 0.29) is 22.9 Å². The van der Waals surface area contributed by atoms with Gasteiger partial charge in [-0.15, -0.1) is 0 Å². The first kappa shape index (κ1) is 13.6. The minimum absolute atomic E-state index is 0.127. The van der Waals surface area contributed by atoms with Crippen LogP contribution < -0.4 is 10.1 Å². The number of furan rings is 1. The SMILES string of the molecule is COc1ccc(NC(=O)c2ccc(C)o2)cc1[N+](=O)[O-]. The molecule has 0 saturated heterocycles. The van der Waals surface area contributed by atoms with Gasteiger partial charge in [0.25, 0.3) is 5.91 Å². The van der Waals surface area contributed by atoms with E-state index in [1.165, 1.54) is 31.4 Å². The van der Waals surface area contributed by atoms with Crippen LogP contribution >= 0.6 is 0 Å². The number of amides is 1. The summed E-state index contributed by atoms with van der Waals surface area (Å²) in [5.74, 6) is 0.399. The molecule has 20 heavy (non-hydrogen) atoms. The fraction of sp³-hybridized carbons (Fsp3) is 0.154. The summed E-state index contributed by atoms with van der Waals surface area (Å²) in [5, 5.41) is 13.4. The van der Waals surface area contributed by atoms with Gasteiger partial charge in [0.1, 0.15) is 5.76 Å². The molecule has 2 rings (SSSR count). The van der Waals surface area contributed by atoms with E-state index in [0.717, 1.165) is 0 Å². The number of hydrogen-bond acceptors (Lipinski definition) is 5. The lowest BCUT2D eigenvalue weighted by Crippen LogP contribution is -2.11. The molecular formula is C13H12N2O5. The summed E-state index contributed by atoms with van der Waals surface area (Å²) in [7, 11) is 1.34. The molecule has 0 aliphatic heterocycles. The molecule has 104 valence electrons. The summed E-state index contributed by atoms with van der Waals surface area (Å²) in [4.78, 5) is 22.2. The predicted molar refractivity (Wildman–Crippen MR) is 71.0 cm³/mol. The number of hydrogen-bond donors (Lipinski definition) is 1. The Labute approximate surface area is 114 Å². The molecule has 0 saturated carbocycles. The van der Waals surface area contributed by atoms with Crippen LogP contribution in [0, 0.1) is 17.0 Å². The van der Waals surface area contributed by atoms with Gasteiger partial charge in [-0.3, -0.25) is 14.9 Å². The number of carbonyl (C=O) groups is 1. The minimum Gasteiger partial charge on any atom is -0.490 e. The van der Waals surface area contributed by atoms with E-state index in [1.807, 2.05) is 0 Å². The van der Waals surface area contributed by atoms with Crippen LogP contribution in [-0.2, 0) is 0 Å². The molecule has 0 aliphatic rings. The Balaban J connectivity index is 2.23. The second kappa shape index (κ2) is 5.43. The summed E-state index contributed by atoms with van der Waals surface area (Å²) >= 11 is 0. The highest BCUT2D eigenvalue weighted by molar-refractivity contribution is 6.02. The second-order valence-electron chi connectivity index (χ2n) is 4.01. The van der Waals surface area contributed by atoms with Crippen molar-refractivity contribution in [2.75, 3.05) is 12.4 Å². The van der Waals surface area contributed by atoms with E-state index >= 15 is 0 Å². The average Bonchev–Trinajstić information content (AvgIpc) is 2.85. The molecule has 1 amide bonds. The molecule has 1 N–H and O–H groups in total. The molecule has 7 nitrogen and oxygen atoms in total. The maximum Gasteiger partial charge on any atom is 0.312 e. The normalized spacial score (nSPS) is 10.1. The van der Waals surface area contributed by atoms with Crippen LogP contribution in [0.5, 0.6) is 5.75 Å². The van der Waals surface area contributed by atoms with E-state index in [2.05, 4.69) is 5.32 Å². The third kappa shape index (κ3) is 2.77. The molecule has 0 spiro atoms. The van der Waals surface area contributed by atoms with Gasteiger partial charge in [-0.25, -0.2) is 0 Å². The second-order valence-corrected chi connectivity index (χ2v) is 4.01. The zero-order valence-corrected chi connectivity index (χ0v) is 10.9. The topological polar surface area (TPSA) is 94.6 Å². The Morgan fingerprint density at radius 3 is 2.65 bits per heavy atom. The van der Waals surface area contributed by atoms with Gasteiger partial charge in [-0.05, 0) is 31.2 Å². The predicted octanol–water partition coefficient (Wildman–Crippen LogP) is 2.76. The van der Waals surface area contributed by atoms with E-state index in [4.69, 9.17) is 9.15 Å². The molecule has 0 aliphatic carbocycles. The number of methoxy groups -OCH3 is 1. The fourth-order valence-corrected chi connectivity index (χ4v) is 1.66.